The highest BCUT2D eigenvalue weighted by molar-refractivity contribution is 7.21. The Bertz CT molecular complexity index is 1140. The highest BCUT2D eigenvalue weighted by Crippen LogP contribution is 2.35. The molecule has 0 atom stereocenters. The van der Waals surface area contributed by atoms with Crippen molar-refractivity contribution < 1.29 is 14.3 Å². The van der Waals surface area contributed by atoms with Crippen molar-refractivity contribution in [2.24, 2.45) is 0 Å². The zero-order valence-corrected chi connectivity index (χ0v) is 15.0. The Morgan fingerprint density at radius 2 is 1.78 bits per heavy atom. The van der Waals surface area contributed by atoms with Gasteiger partial charge < -0.3 is 14.8 Å². The summed E-state index contributed by atoms with van der Waals surface area (Å²) in [6.45, 7) is 0.181. The van der Waals surface area contributed by atoms with E-state index in [-0.39, 0.29) is 12.7 Å². The van der Waals surface area contributed by atoms with E-state index in [1.54, 1.807) is 29.5 Å². The molecule has 5 nitrogen and oxygen atoms in total. The van der Waals surface area contributed by atoms with E-state index in [2.05, 4.69) is 5.32 Å². The lowest BCUT2D eigenvalue weighted by atomic mass is 10.1. The lowest BCUT2D eigenvalue weighted by molar-refractivity contribution is 0.102. The van der Waals surface area contributed by atoms with Crippen molar-refractivity contribution in [1.29, 1.82) is 0 Å². The second-order valence-corrected chi connectivity index (χ2v) is 7.09. The highest BCUT2D eigenvalue weighted by Gasteiger charge is 2.18. The molecule has 27 heavy (non-hydrogen) atoms. The van der Waals surface area contributed by atoms with Crippen LogP contribution < -0.4 is 14.8 Å². The molecule has 1 aromatic heterocycles. The molecule has 1 aliphatic heterocycles. The Labute approximate surface area is 159 Å². The first-order chi connectivity index (χ1) is 13.3. The van der Waals surface area contributed by atoms with E-state index in [1.807, 2.05) is 48.5 Å². The minimum Gasteiger partial charge on any atom is -0.454 e. The van der Waals surface area contributed by atoms with Gasteiger partial charge in [0, 0.05) is 11.1 Å². The fourth-order valence-corrected chi connectivity index (χ4v) is 4.00. The van der Waals surface area contributed by atoms with Crippen molar-refractivity contribution in [3.05, 3.63) is 72.3 Å². The Balaban J connectivity index is 1.48. The Kier molecular flexibility index (Phi) is 3.76. The molecule has 1 amide bonds. The maximum absolute atomic E-state index is 12.7. The van der Waals surface area contributed by atoms with Crippen molar-refractivity contribution >= 4 is 33.1 Å². The summed E-state index contributed by atoms with van der Waals surface area (Å²) in [4.78, 5) is 17.4. The molecule has 0 spiro atoms. The molecule has 132 valence electrons. The SMILES string of the molecule is O=C(Nc1ccccc1-c1nc2ccccc2s1)c1ccc2c(c1)OCO2. The van der Waals surface area contributed by atoms with Gasteiger partial charge in [-0.1, -0.05) is 24.3 Å². The van der Waals surface area contributed by atoms with E-state index >= 15 is 0 Å². The summed E-state index contributed by atoms with van der Waals surface area (Å²) >= 11 is 1.60. The molecular formula is C21H14N2O3S. The molecule has 3 aromatic carbocycles. The molecule has 5 rings (SSSR count). The van der Waals surface area contributed by atoms with Crippen LogP contribution in [0.2, 0.25) is 0 Å². The number of thiazole rings is 1. The van der Waals surface area contributed by atoms with Crippen LogP contribution in [0.4, 0.5) is 5.69 Å². The third kappa shape index (κ3) is 2.90. The smallest absolute Gasteiger partial charge is 0.255 e. The summed E-state index contributed by atoms with van der Waals surface area (Å²) in [5.41, 5.74) is 3.08. The number of ether oxygens (including phenoxy) is 2. The first kappa shape index (κ1) is 15.8. The molecule has 0 saturated heterocycles. The van der Waals surface area contributed by atoms with Gasteiger partial charge in [0.05, 0.1) is 15.9 Å². The predicted octanol–water partition coefficient (Wildman–Crippen LogP) is 4.94. The zero-order chi connectivity index (χ0) is 18.2. The average Bonchev–Trinajstić information content (AvgIpc) is 3.34. The molecule has 1 N–H and O–H groups in total. The van der Waals surface area contributed by atoms with Gasteiger partial charge in [-0.3, -0.25) is 4.79 Å². The number of rotatable bonds is 3. The minimum atomic E-state index is -0.207. The maximum Gasteiger partial charge on any atom is 0.255 e. The van der Waals surface area contributed by atoms with Gasteiger partial charge in [-0.15, -0.1) is 11.3 Å². The summed E-state index contributed by atoms with van der Waals surface area (Å²) in [5.74, 6) is 1.03. The van der Waals surface area contributed by atoms with Crippen molar-refractivity contribution in [3.63, 3.8) is 0 Å². The topological polar surface area (TPSA) is 60.5 Å². The number of nitrogens with zero attached hydrogens (tertiary/aromatic N) is 1. The lowest BCUT2D eigenvalue weighted by Gasteiger charge is -2.09. The minimum absolute atomic E-state index is 0.181. The van der Waals surface area contributed by atoms with Crippen molar-refractivity contribution in [1.82, 2.24) is 4.98 Å². The van der Waals surface area contributed by atoms with Gasteiger partial charge in [0.1, 0.15) is 5.01 Å². The fraction of sp³-hybridized carbons (Fsp3) is 0.0476. The van der Waals surface area contributed by atoms with Crippen LogP contribution in [0.15, 0.2) is 66.7 Å². The Morgan fingerprint density at radius 3 is 2.70 bits per heavy atom. The molecule has 0 bridgehead atoms. The molecular weight excluding hydrogens is 360 g/mol. The van der Waals surface area contributed by atoms with Crippen LogP contribution >= 0.6 is 11.3 Å². The number of aromatic nitrogens is 1. The van der Waals surface area contributed by atoms with Crippen molar-refractivity contribution in [3.8, 4) is 22.1 Å². The maximum atomic E-state index is 12.7. The molecule has 4 aromatic rings. The van der Waals surface area contributed by atoms with Crippen LogP contribution in [0, 0.1) is 0 Å². The normalized spacial score (nSPS) is 12.3. The van der Waals surface area contributed by atoms with Gasteiger partial charge in [0.15, 0.2) is 11.5 Å². The quantitative estimate of drug-likeness (QED) is 0.551. The van der Waals surface area contributed by atoms with E-state index in [4.69, 9.17) is 14.5 Å². The summed E-state index contributed by atoms with van der Waals surface area (Å²) in [6.07, 6.45) is 0. The number of fused-ring (bicyclic) bond motifs is 2. The van der Waals surface area contributed by atoms with Gasteiger partial charge in [0.2, 0.25) is 6.79 Å². The van der Waals surface area contributed by atoms with E-state index in [9.17, 15) is 4.79 Å². The first-order valence-corrected chi connectivity index (χ1v) is 9.25. The molecule has 0 fully saturated rings. The predicted molar refractivity (Wildman–Crippen MR) is 106 cm³/mol. The van der Waals surface area contributed by atoms with E-state index in [1.165, 1.54) is 0 Å². The Morgan fingerprint density at radius 1 is 0.963 bits per heavy atom. The van der Waals surface area contributed by atoms with Crippen LogP contribution in [0.1, 0.15) is 10.4 Å². The second kappa shape index (κ2) is 6.41. The monoisotopic (exact) mass is 374 g/mol. The van der Waals surface area contributed by atoms with Crippen LogP contribution in [0.3, 0.4) is 0 Å². The molecule has 0 aliphatic carbocycles. The van der Waals surface area contributed by atoms with Crippen LogP contribution in [0.5, 0.6) is 11.5 Å². The van der Waals surface area contributed by atoms with Gasteiger partial charge in [-0.2, -0.15) is 0 Å². The van der Waals surface area contributed by atoms with Gasteiger partial charge in [-0.05, 0) is 42.5 Å². The number of para-hydroxylation sites is 2. The highest BCUT2D eigenvalue weighted by atomic mass is 32.1. The third-order valence-electron chi connectivity index (χ3n) is 4.33. The van der Waals surface area contributed by atoms with E-state index in [0.29, 0.717) is 17.1 Å². The van der Waals surface area contributed by atoms with Crippen LogP contribution in [0.25, 0.3) is 20.8 Å². The fourth-order valence-electron chi connectivity index (χ4n) is 3.00. The average molecular weight is 374 g/mol. The number of nitrogens with one attached hydrogen (secondary N) is 1. The number of benzene rings is 3. The Hall–Kier alpha value is -3.38. The summed E-state index contributed by atoms with van der Waals surface area (Å²) < 4.78 is 11.8. The summed E-state index contributed by atoms with van der Waals surface area (Å²) in [7, 11) is 0. The molecule has 6 heteroatoms. The third-order valence-corrected chi connectivity index (χ3v) is 5.40. The molecule has 0 unspecified atom stereocenters. The number of carbonyl (C=O) groups is 1. The first-order valence-electron chi connectivity index (χ1n) is 8.44. The summed E-state index contributed by atoms with van der Waals surface area (Å²) in [5, 5.41) is 3.87. The summed E-state index contributed by atoms with van der Waals surface area (Å²) in [6, 6.07) is 20.9. The molecule has 0 radical (unpaired) electrons. The van der Waals surface area contributed by atoms with E-state index < -0.39 is 0 Å². The van der Waals surface area contributed by atoms with Crippen molar-refractivity contribution in [2.45, 2.75) is 0 Å². The lowest BCUT2D eigenvalue weighted by Crippen LogP contribution is -2.12. The largest absolute Gasteiger partial charge is 0.454 e. The van der Waals surface area contributed by atoms with Crippen molar-refractivity contribution in [2.75, 3.05) is 12.1 Å². The van der Waals surface area contributed by atoms with Gasteiger partial charge >= 0.3 is 0 Å². The number of amides is 1. The zero-order valence-electron chi connectivity index (χ0n) is 14.1. The van der Waals surface area contributed by atoms with Crippen LogP contribution in [-0.4, -0.2) is 17.7 Å². The van der Waals surface area contributed by atoms with E-state index in [0.717, 1.165) is 26.5 Å². The number of hydrogen-bond acceptors (Lipinski definition) is 5. The number of carbonyl (C=O) groups excluding carboxylic acids is 1. The van der Waals surface area contributed by atoms with Crippen LogP contribution in [-0.2, 0) is 0 Å². The number of hydrogen-bond donors (Lipinski definition) is 1. The molecule has 0 saturated carbocycles. The van der Waals surface area contributed by atoms with Gasteiger partial charge in [0.25, 0.3) is 5.91 Å². The molecule has 1 aliphatic rings. The number of anilines is 1. The second-order valence-electron chi connectivity index (χ2n) is 6.05. The van der Waals surface area contributed by atoms with Gasteiger partial charge in [-0.25, -0.2) is 4.98 Å². The molecule has 2 heterocycles. The standard InChI is InChI=1S/C21H14N2O3S/c24-20(13-9-10-17-18(11-13)26-12-25-17)22-15-6-2-1-5-14(15)21-23-16-7-3-4-8-19(16)27-21/h1-11H,12H2,(H,22,24).